The minimum Gasteiger partial charge on any atom is -0.460 e. The third kappa shape index (κ3) is 10.5. The van der Waals surface area contributed by atoms with Gasteiger partial charge in [0.25, 0.3) is 0 Å². The molecule has 1 aliphatic carbocycles. The van der Waals surface area contributed by atoms with Gasteiger partial charge in [0, 0.05) is 13.2 Å². The lowest BCUT2D eigenvalue weighted by Crippen LogP contribution is -2.40. The van der Waals surface area contributed by atoms with Crippen molar-refractivity contribution in [1.82, 2.24) is 0 Å². The van der Waals surface area contributed by atoms with Crippen LogP contribution in [0.5, 0.6) is 0 Å². The van der Waals surface area contributed by atoms with Crippen molar-refractivity contribution >= 4 is 11.9 Å². The van der Waals surface area contributed by atoms with Gasteiger partial charge in [0.05, 0.1) is 13.2 Å². The van der Waals surface area contributed by atoms with Crippen molar-refractivity contribution in [3.63, 3.8) is 0 Å². The van der Waals surface area contributed by atoms with Crippen LogP contribution in [-0.2, 0) is 41.8 Å². The van der Waals surface area contributed by atoms with Crippen LogP contribution in [0.1, 0.15) is 63.5 Å². The second kappa shape index (κ2) is 18.1. The first-order chi connectivity index (χ1) is 20.1. The van der Waals surface area contributed by atoms with E-state index in [9.17, 15) is 9.59 Å². The third-order valence-corrected chi connectivity index (χ3v) is 6.95. The molecule has 1 aliphatic rings. The van der Waals surface area contributed by atoms with Gasteiger partial charge in [0.15, 0.2) is 5.41 Å². The molecule has 0 saturated heterocycles. The van der Waals surface area contributed by atoms with Gasteiger partial charge < -0.3 is 18.9 Å². The molecule has 3 rings (SSSR count). The third-order valence-electron chi connectivity index (χ3n) is 6.95. The Morgan fingerprint density at radius 3 is 1.49 bits per heavy atom. The van der Waals surface area contributed by atoms with E-state index < -0.39 is 17.4 Å². The van der Waals surface area contributed by atoms with Crippen LogP contribution in [0.15, 0.2) is 96.1 Å². The van der Waals surface area contributed by atoms with E-state index in [4.69, 9.17) is 18.9 Å². The maximum atomic E-state index is 13.7. The van der Waals surface area contributed by atoms with Gasteiger partial charge in [-0.3, -0.25) is 9.59 Å². The molecule has 0 atom stereocenters. The molecule has 0 heterocycles. The highest BCUT2D eigenvalue weighted by atomic mass is 16.6. The fourth-order valence-corrected chi connectivity index (χ4v) is 4.54. The van der Waals surface area contributed by atoms with E-state index in [2.05, 4.69) is 13.8 Å². The van der Waals surface area contributed by atoms with E-state index in [1.807, 2.05) is 85.0 Å². The predicted molar refractivity (Wildman–Crippen MR) is 161 cm³/mol. The molecule has 2 aromatic carbocycles. The zero-order valence-corrected chi connectivity index (χ0v) is 24.5. The number of hydrogen-bond donors (Lipinski definition) is 0. The number of hydrogen-bond acceptors (Lipinski definition) is 6. The smallest absolute Gasteiger partial charge is 0.324 e. The second-order valence-corrected chi connectivity index (χ2v) is 10.3. The van der Waals surface area contributed by atoms with Gasteiger partial charge >= 0.3 is 11.9 Å². The first-order valence-corrected chi connectivity index (χ1v) is 14.7. The summed E-state index contributed by atoms with van der Waals surface area (Å²) in [5, 5.41) is 0. The van der Waals surface area contributed by atoms with Crippen LogP contribution in [-0.4, -0.2) is 38.4 Å². The number of unbranched alkanes of at least 4 members (excludes halogenated alkanes) is 2. The number of rotatable bonds is 18. The van der Waals surface area contributed by atoms with E-state index in [0.29, 0.717) is 26.4 Å². The Bertz CT molecular complexity index is 1060. The van der Waals surface area contributed by atoms with Crippen molar-refractivity contribution in [2.24, 2.45) is 5.41 Å². The Hall–Kier alpha value is -3.48. The highest BCUT2D eigenvalue weighted by Crippen LogP contribution is 2.45. The summed E-state index contributed by atoms with van der Waals surface area (Å²) in [4.78, 5) is 27.5. The van der Waals surface area contributed by atoms with Crippen molar-refractivity contribution in [3.05, 3.63) is 107 Å². The fraction of sp³-hybridized carbons (Fsp3) is 0.429. The molecule has 0 radical (unpaired) electrons. The van der Waals surface area contributed by atoms with Gasteiger partial charge in [-0.2, -0.15) is 0 Å². The average Bonchev–Trinajstić information content (AvgIpc) is 3.38. The highest BCUT2D eigenvalue weighted by molar-refractivity contribution is 6.01. The van der Waals surface area contributed by atoms with Gasteiger partial charge in [0.2, 0.25) is 0 Å². The molecule has 0 spiro atoms. The molecule has 0 unspecified atom stereocenters. The second-order valence-electron chi connectivity index (χ2n) is 10.3. The summed E-state index contributed by atoms with van der Waals surface area (Å²) in [5.74, 6) is -1.15. The predicted octanol–water partition coefficient (Wildman–Crippen LogP) is 7.30. The van der Waals surface area contributed by atoms with Gasteiger partial charge in [-0.25, -0.2) is 0 Å². The Morgan fingerprint density at radius 1 is 0.683 bits per heavy atom. The summed E-state index contributed by atoms with van der Waals surface area (Å²) in [7, 11) is 0. The lowest BCUT2D eigenvalue weighted by Gasteiger charge is -2.25. The Kier molecular flexibility index (Phi) is 14.1. The van der Waals surface area contributed by atoms with E-state index in [1.165, 1.54) is 0 Å². The first-order valence-electron chi connectivity index (χ1n) is 14.7. The molecular weight excluding hydrogens is 516 g/mol. The standard InChI is InChI=1S/C35H44O6/c1-3-5-21-38-23-13-19-31-25-35(26-32(31)20-14-24-39-22-6-4-2,33(36)40-27-29-15-9-7-10-16-29)34(37)41-28-30-17-11-8-12-18-30/h7-20H,3-6,21-28H2,1-2H3/b19-13+,20-14+. The minimum absolute atomic E-state index is 0.0836. The van der Waals surface area contributed by atoms with E-state index >= 15 is 0 Å². The average molecular weight is 561 g/mol. The molecule has 0 saturated carbocycles. The highest BCUT2D eigenvalue weighted by Gasteiger charge is 2.53. The molecule has 0 bridgehead atoms. The lowest BCUT2D eigenvalue weighted by molar-refractivity contribution is -0.173. The van der Waals surface area contributed by atoms with Crippen LogP contribution >= 0.6 is 0 Å². The molecule has 0 aliphatic heterocycles. The molecule has 6 nitrogen and oxygen atoms in total. The number of allylic oxidation sites excluding steroid dienone is 4. The van der Waals surface area contributed by atoms with Crippen molar-refractivity contribution in [2.75, 3.05) is 26.4 Å². The van der Waals surface area contributed by atoms with Gasteiger partial charge in [-0.05, 0) is 48.0 Å². The Morgan fingerprint density at radius 2 is 1.10 bits per heavy atom. The molecule has 0 N–H and O–H groups in total. The molecule has 2 aromatic rings. The summed E-state index contributed by atoms with van der Waals surface area (Å²) in [6, 6.07) is 18.9. The summed E-state index contributed by atoms with van der Waals surface area (Å²) in [6.07, 6.45) is 12.3. The molecule has 0 aromatic heterocycles. The molecule has 41 heavy (non-hydrogen) atoms. The van der Waals surface area contributed by atoms with Crippen molar-refractivity contribution in [2.45, 2.75) is 65.6 Å². The molecule has 6 heteroatoms. The van der Waals surface area contributed by atoms with Crippen LogP contribution in [0.25, 0.3) is 0 Å². The van der Waals surface area contributed by atoms with Crippen LogP contribution in [0.3, 0.4) is 0 Å². The lowest BCUT2D eigenvalue weighted by atomic mass is 9.83. The minimum atomic E-state index is -1.48. The fourth-order valence-electron chi connectivity index (χ4n) is 4.54. The summed E-state index contributed by atoms with van der Waals surface area (Å²) in [5.41, 5.74) is 2.01. The Balaban J connectivity index is 1.81. The SMILES string of the molecule is CCCCOC/C=C/C1=C(/C=C/COCCCC)CC(C(=O)OCc2ccccc2)(C(=O)OCc2ccccc2)C1. The van der Waals surface area contributed by atoms with E-state index in [-0.39, 0.29) is 26.1 Å². The summed E-state index contributed by atoms with van der Waals surface area (Å²) in [6.45, 7) is 6.74. The van der Waals surface area contributed by atoms with Crippen LogP contribution in [0.2, 0.25) is 0 Å². The monoisotopic (exact) mass is 560 g/mol. The zero-order chi connectivity index (χ0) is 29.2. The zero-order valence-electron chi connectivity index (χ0n) is 24.5. The quantitative estimate of drug-likeness (QED) is 0.108. The van der Waals surface area contributed by atoms with Crippen molar-refractivity contribution < 1.29 is 28.5 Å². The van der Waals surface area contributed by atoms with Crippen molar-refractivity contribution in [1.29, 1.82) is 0 Å². The normalized spacial score (nSPS) is 14.7. The maximum absolute atomic E-state index is 13.7. The van der Waals surface area contributed by atoms with E-state index in [1.54, 1.807) is 0 Å². The maximum Gasteiger partial charge on any atom is 0.324 e. The van der Waals surface area contributed by atoms with Gasteiger partial charge in [-0.15, -0.1) is 0 Å². The largest absolute Gasteiger partial charge is 0.460 e. The topological polar surface area (TPSA) is 71.1 Å². The molecule has 220 valence electrons. The van der Waals surface area contributed by atoms with Crippen LogP contribution in [0.4, 0.5) is 0 Å². The van der Waals surface area contributed by atoms with Crippen LogP contribution < -0.4 is 0 Å². The number of ether oxygens (including phenoxy) is 4. The summed E-state index contributed by atoms with van der Waals surface area (Å²) < 4.78 is 22.9. The molecule has 0 amide bonds. The number of benzene rings is 2. The van der Waals surface area contributed by atoms with Gasteiger partial charge in [0.1, 0.15) is 13.2 Å². The van der Waals surface area contributed by atoms with E-state index in [0.717, 1.165) is 48.0 Å². The Labute approximate surface area is 245 Å². The number of esters is 2. The van der Waals surface area contributed by atoms with Crippen molar-refractivity contribution in [3.8, 4) is 0 Å². The number of carbonyl (C=O) groups is 2. The number of carbonyl (C=O) groups excluding carboxylic acids is 2. The molecule has 0 fully saturated rings. The molecular formula is C35H44O6. The van der Waals surface area contributed by atoms with Gasteiger partial charge in [-0.1, -0.05) is 112 Å². The van der Waals surface area contributed by atoms with Crippen LogP contribution in [0, 0.1) is 5.41 Å². The first kappa shape index (κ1) is 32.0. The summed E-state index contributed by atoms with van der Waals surface area (Å²) >= 11 is 0.